The van der Waals surface area contributed by atoms with Crippen LogP contribution in [0.15, 0.2) is 41.3 Å². The number of aromatic nitrogens is 4. The highest BCUT2D eigenvalue weighted by Gasteiger charge is 2.52. The van der Waals surface area contributed by atoms with E-state index in [1.807, 2.05) is 0 Å². The second-order valence-corrected chi connectivity index (χ2v) is 7.41. The zero-order chi connectivity index (χ0) is 23.4. The van der Waals surface area contributed by atoms with Crippen LogP contribution in [0, 0.1) is 0 Å². The molecule has 172 valence electrons. The van der Waals surface area contributed by atoms with Gasteiger partial charge in [0, 0.05) is 6.07 Å². The van der Waals surface area contributed by atoms with E-state index in [0.29, 0.717) is 22.9 Å². The van der Waals surface area contributed by atoms with Gasteiger partial charge in [0.25, 0.3) is 5.91 Å². The lowest BCUT2D eigenvalue weighted by Gasteiger charge is -2.27. The first-order chi connectivity index (χ1) is 15.1. The van der Waals surface area contributed by atoms with Crippen molar-refractivity contribution in [3.05, 3.63) is 54.0 Å². The van der Waals surface area contributed by atoms with Crippen molar-refractivity contribution in [3.63, 3.8) is 0 Å². The predicted octanol–water partition coefficient (Wildman–Crippen LogP) is 1.92. The van der Waals surface area contributed by atoms with Gasteiger partial charge in [0.2, 0.25) is 0 Å². The Balaban J connectivity index is 1.57. The van der Waals surface area contributed by atoms with Gasteiger partial charge >= 0.3 is 5.92 Å². The van der Waals surface area contributed by atoms with Crippen LogP contribution in [0.4, 0.5) is 8.78 Å². The number of oxazole rings is 1. The molecule has 0 saturated carbocycles. The Morgan fingerprint density at radius 3 is 2.78 bits per heavy atom. The normalized spacial score (nSPS) is 11.9. The molecule has 0 radical (unpaired) electrons. The number of halogens is 2. The van der Waals surface area contributed by atoms with Crippen molar-refractivity contribution in [3.8, 4) is 11.5 Å². The molecule has 0 spiro atoms. The first-order valence-corrected chi connectivity index (χ1v) is 9.55. The average molecular weight is 451 g/mol. The van der Waals surface area contributed by atoms with Crippen LogP contribution in [0.25, 0.3) is 0 Å². The zero-order valence-electron chi connectivity index (χ0n) is 17.7. The first-order valence-electron chi connectivity index (χ1n) is 9.55. The molecule has 0 fully saturated rings. The molecular weight excluding hydrogens is 428 g/mol. The number of hydrogen-bond donors (Lipinski definition) is 2. The average Bonchev–Trinajstić information content (AvgIpc) is 3.39. The summed E-state index contributed by atoms with van der Waals surface area (Å²) in [7, 11) is 1.56. The molecule has 0 aliphatic rings. The molecule has 1 amide bonds. The van der Waals surface area contributed by atoms with Crippen LogP contribution < -0.4 is 14.8 Å². The quantitative estimate of drug-likeness (QED) is 0.479. The van der Waals surface area contributed by atoms with Crippen LogP contribution in [0.5, 0.6) is 11.5 Å². The Bertz CT molecular complexity index is 1060. The summed E-state index contributed by atoms with van der Waals surface area (Å²) < 4.78 is 45.2. The maximum Gasteiger partial charge on any atom is 0.351 e. The molecule has 3 rings (SSSR count). The van der Waals surface area contributed by atoms with Gasteiger partial charge in [0.1, 0.15) is 40.9 Å². The minimum Gasteiger partial charge on any atom is -0.497 e. The van der Waals surface area contributed by atoms with Gasteiger partial charge in [0.05, 0.1) is 26.4 Å². The second-order valence-electron chi connectivity index (χ2n) is 7.41. The van der Waals surface area contributed by atoms with Crippen molar-refractivity contribution in [1.29, 1.82) is 0 Å². The number of carbonyl (C=O) groups is 1. The van der Waals surface area contributed by atoms with E-state index in [4.69, 9.17) is 13.9 Å². The second kappa shape index (κ2) is 9.30. The van der Waals surface area contributed by atoms with Gasteiger partial charge in [-0.2, -0.15) is 8.78 Å². The van der Waals surface area contributed by atoms with Gasteiger partial charge in [-0.25, -0.2) is 9.67 Å². The van der Waals surface area contributed by atoms with Gasteiger partial charge < -0.3 is 24.3 Å². The molecule has 0 saturated heterocycles. The van der Waals surface area contributed by atoms with E-state index in [9.17, 15) is 18.7 Å². The van der Waals surface area contributed by atoms with E-state index in [2.05, 4.69) is 20.6 Å². The molecule has 0 aliphatic heterocycles. The number of benzene rings is 1. The van der Waals surface area contributed by atoms with Crippen LogP contribution in [-0.2, 0) is 24.5 Å². The summed E-state index contributed by atoms with van der Waals surface area (Å²) in [4.78, 5) is 15.8. The van der Waals surface area contributed by atoms with E-state index in [-0.39, 0.29) is 25.5 Å². The lowest BCUT2D eigenvalue weighted by molar-refractivity contribution is -0.182. The number of carbonyl (C=O) groups excluding carboxylic acids is 1. The van der Waals surface area contributed by atoms with Crippen molar-refractivity contribution in [2.24, 2.45) is 0 Å². The molecule has 2 N–H and O–H groups in total. The summed E-state index contributed by atoms with van der Waals surface area (Å²) in [6.45, 7) is 1.68. The lowest BCUT2D eigenvalue weighted by Crippen LogP contribution is -2.53. The molecule has 1 aromatic carbocycles. The Morgan fingerprint density at radius 2 is 2.06 bits per heavy atom. The molecule has 0 bridgehead atoms. The summed E-state index contributed by atoms with van der Waals surface area (Å²) in [6.07, 6.45) is 2.77. The summed E-state index contributed by atoms with van der Waals surface area (Å²) in [5, 5.41) is 19.5. The Labute approximate surface area is 182 Å². The molecule has 0 unspecified atom stereocenters. The van der Waals surface area contributed by atoms with Crippen molar-refractivity contribution in [2.75, 3.05) is 7.11 Å². The third-order valence-corrected chi connectivity index (χ3v) is 4.51. The molecule has 2 aromatic heterocycles. The minimum absolute atomic E-state index is 0.135. The molecule has 10 nitrogen and oxygen atoms in total. The van der Waals surface area contributed by atoms with Crippen LogP contribution in [-0.4, -0.2) is 49.6 Å². The van der Waals surface area contributed by atoms with Gasteiger partial charge in [0.15, 0.2) is 6.39 Å². The number of amides is 1. The highest BCUT2D eigenvalue weighted by atomic mass is 19.3. The fraction of sp³-hybridized carbons (Fsp3) is 0.400. The number of alkyl halides is 2. The monoisotopic (exact) mass is 451 g/mol. The van der Waals surface area contributed by atoms with Crippen LogP contribution in [0.2, 0.25) is 0 Å². The van der Waals surface area contributed by atoms with Gasteiger partial charge in [-0.05, 0) is 26.0 Å². The molecule has 32 heavy (non-hydrogen) atoms. The molecule has 0 atom stereocenters. The van der Waals surface area contributed by atoms with Crippen LogP contribution in [0.1, 0.15) is 31.0 Å². The highest BCUT2D eigenvalue weighted by molar-refractivity contribution is 5.84. The van der Waals surface area contributed by atoms with Crippen molar-refractivity contribution in [1.82, 2.24) is 25.3 Å². The molecule has 3 aromatic rings. The number of hydrogen-bond acceptors (Lipinski definition) is 8. The van der Waals surface area contributed by atoms with Gasteiger partial charge in [-0.1, -0.05) is 11.3 Å². The third-order valence-electron chi connectivity index (χ3n) is 4.51. The number of aliphatic hydroxyl groups is 1. The predicted molar refractivity (Wildman–Crippen MR) is 106 cm³/mol. The smallest absolute Gasteiger partial charge is 0.351 e. The summed E-state index contributed by atoms with van der Waals surface area (Å²) in [6, 6.07) is 7.12. The first kappa shape index (κ1) is 23.1. The van der Waals surface area contributed by atoms with Crippen molar-refractivity contribution in [2.45, 2.75) is 45.1 Å². The number of nitrogens with one attached hydrogen (secondary N) is 1. The van der Waals surface area contributed by atoms with Crippen molar-refractivity contribution >= 4 is 5.91 Å². The van der Waals surface area contributed by atoms with Crippen LogP contribution >= 0.6 is 0 Å². The maximum atomic E-state index is 13.9. The molecular formula is C20H23F2N5O5. The lowest BCUT2D eigenvalue weighted by atomic mass is 10.00. The van der Waals surface area contributed by atoms with Crippen LogP contribution in [0.3, 0.4) is 0 Å². The van der Waals surface area contributed by atoms with Gasteiger partial charge in [-0.3, -0.25) is 4.79 Å². The topological polar surface area (TPSA) is 125 Å². The van der Waals surface area contributed by atoms with E-state index in [1.165, 1.54) is 4.68 Å². The van der Waals surface area contributed by atoms with E-state index in [0.717, 1.165) is 20.2 Å². The maximum absolute atomic E-state index is 13.9. The Morgan fingerprint density at radius 1 is 1.31 bits per heavy atom. The summed E-state index contributed by atoms with van der Waals surface area (Å²) in [5.41, 5.74) is -1.58. The van der Waals surface area contributed by atoms with E-state index < -0.39 is 17.4 Å². The molecule has 0 aliphatic carbocycles. The van der Waals surface area contributed by atoms with Gasteiger partial charge in [-0.15, -0.1) is 5.10 Å². The number of methoxy groups -OCH3 is 1. The standard InChI is InChI=1S/C20H23F2N5O5/c1-19(2,29)20(21,22)18(28)23-8-17-16(24-12-32-17)10-27-9-13(25-26-27)11-31-15-6-4-5-14(7-15)30-3/h4-7,9,12,29H,8,10-11H2,1-3H3,(H,23,28). The molecule has 12 heteroatoms. The largest absolute Gasteiger partial charge is 0.497 e. The summed E-state index contributed by atoms with van der Waals surface area (Å²) in [5.74, 6) is -4.15. The minimum atomic E-state index is -3.98. The number of ether oxygens (including phenoxy) is 2. The fourth-order valence-corrected chi connectivity index (χ4v) is 2.60. The van der Waals surface area contributed by atoms with E-state index >= 15 is 0 Å². The van der Waals surface area contributed by atoms with E-state index in [1.54, 1.807) is 37.6 Å². The summed E-state index contributed by atoms with van der Waals surface area (Å²) >= 11 is 0. The zero-order valence-corrected chi connectivity index (χ0v) is 17.7. The highest BCUT2D eigenvalue weighted by Crippen LogP contribution is 2.28. The molecule has 2 heterocycles. The Kier molecular flexibility index (Phi) is 6.72. The third kappa shape index (κ3) is 5.38. The fourth-order valence-electron chi connectivity index (χ4n) is 2.60. The Hall–Kier alpha value is -3.54. The number of rotatable bonds is 10. The SMILES string of the molecule is COc1cccc(OCc2cn(Cc3ncoc3CNC(=O)C(F)(F)C(C)(C)O)nn2)c1. The number of nitrogens with zero attached hydrogens (tertiary/aromatic N) is 4. The van der Waals surface area contributed by atoms with Crippen molar-refractivity contribution < 1.29 is 32.6 Å².